The van der Waals surface area contributed by atoms with Gasteiger partial charge in [0.25, 0.3) is 5.91 Å². The molecule has 1 atom stereocenters. The molecule has 0 heterocycles. The zero-order valence-corrected chi connectivity index (χ0v) is 16.9. The lowest BCUT2D eigenvalue weighted by atomic mass is 10.1. The number of rotatable bonds is 9. The molecule has 0 aliphatic heterocycles. The van der Waals surface area contributed by atoms with Crippen LogP contribution >= 0.6 is 0 Å². The molecule has 0 aromatic heterocycles. The lowest BCUT2D eigenvalue weighted by Crippen LogP contribution is -2.26. The molecule has 3 aromatic rings. The number of amides is 1. The average Bonchev–Trinajstić information content (AvgIpc) is 2.80. The van der Waals surface area contributed by atoms with E-state index >= 15 is 0 Å². The summed E-state index contributed by atoms with van der Waals surface area (Å²) in [5.41, 5.74) is 0.915. The maximum Gasteiger partial charge on any atom is 0.310 e. The zero-order valence-electron chi connectivity index (χ0n) is 16.9. The predicted molar refractivity (Wildman–Crippen MR) is 113 cm³/mol. The maximum atomic E-state index is 13.1. The van der Waals surface area contributed by atoms with E-state index in [-0.39, 0.29) is 13.0 Å². The number of methoxy groups -OCH3 is 1. The molecule has 1 unspecified atom stereocenters. The Balaban J connectivity index is 1.60. The number of carbonyl (C=O) groups excluding carboxylic acids is 2. The van der Waals surface area contributed by atoms with Gasteiger partial charge < -0.3 is 19.5 Å². The number of hydrogen-bond acceptors (Lipinski definition) is 5. The Kier molecular flexibility index (Phi) is 7.59. The first-order valence-electron chi connectivity index (χ1n) is 9.63. The van der Waals surface area contributed by atoms with Crippen LogP contribution in [0, 0.1) is 5.82 Å². The van der Waals surface area contributed by atoms with Crippen LogP contribution in [0.5, 0.6) is 11.5 Å². The maximum absolute atomic E-state index is 13.1. The number of nitrogens with one attached hydrogen (secondary N) is 1. The fourth-order valence-corrected chi connectivity index (χ4v) is 2.76. The van der Waals surface area contributed by atoms with Gasteiger partial charge >= 0.3 is 5.97 Å². The normalized spacial score (nSPS) is 11.3. The van der Waals surface area contributed by atoms with Crippen molar-refractivity contribution in [2.45, 2.75) is 12.5 Å². The van der Waals surface area contributed by atoms with Gasteiger partial charge in [0.15, 0.2) is 0 Å². The van der Waals surface area contributed by atoms with Crippen molar-refractivity contribution in [2.24, 2.45) is 0 Å². The third-order valence-corrected chi connectivity index (χ3v) is 4.34. The highest BCUT2D eigenvalue weighted by molar-refractivity contribution is 5.96. The van der Waals surface area contributed by atoms with Crippen LogP contribution in [0.2, 0.25) is 0 Å². The molecule has 1 N–H and O–H groups in total. The van der Waals surface area contributed by atoms with E-state index in [9.17, 15) is 14.0 Å². The van der Waals surface area contributed by atoms with E-state index in [1.165, 1.54) is 24.3 Å². The Labute approximate surface area is 179 Å². The number of ether oxygens (including phenoxy) is 3. The summed E-state index contributed by atoms with van der Waals surface area (Å²) in [5.74, 6) is -0.258. The second-order valence-electron chi connectivity index (χ2n) is 6.55. The quantitative estimate of drug-likeness (QED) is 0.512. The van der Waals surface area contributed by atoms with E-state index in [4.69, 9.17) is 14.2 Å². The van der Waals surface area contributed by atoms with Gasteiger partial charge in [0.05, 0.1) is 20.1 Å². The molecule has 0 bridgehead atoms. The lowest BCUT2D eigenvalue weighted by molar-refractivity contribution is -0.155. The molecule has 0 fully saturated rings. The van der Waals surface area contributed by atoms with Gasteiger partial charge in [0.2, 0.25) is 6.10 Å². The lowest BCUT2D eigenvalue weighted by Gasteiger charge is -2.18. The monoisotopic (exact) mass is 423 g/mol. The Hall–Kier alpha value is -3.87. The standard InChI is InChI=1S/C24H22FNO5/c1-29-20-11-13-21(14-12-20)30-16-15-22(27)31-23(17-5-3-2-4-6-17)24(28)26-19-9-7-18(25)8-10-19/h2-14,23H,15-16H2,1H3,(H,26,28). The molecule has 0 aliphatic rings. The molecule has 3 rings (SSSR count). The highest BCUT2D eigenvalue weighted by Crippen LogP contribution is 2.21. The highest BCUT2D eigenvalue weighted by atomic mass is 19.1. The summed E-state index contributed by atoms with van der Waals surface area (Å²) in [6.45, 7) is 0.0895. The molecule has 6 nitrogen and oxygen atoms in total. The molecule has 7 heteroatoms. The molecule has 3 aromatic carbocycles. The van der Waals surface area contributed by atoms with Crippen molar-refractivity contribution in [1.82, 2.24) is 0 Å². The molecule has 0 saturated heterocycles. The summed E-state index contributed by atoms with van der Waals surface area (Å²) in [6.07, 6.45) is -1.20. The van der Waals surface area contributed by atoms with E-state index in [1.807, 2.05) is 0 Å². The fourth-order valence-electron chi connectivity index (χ4n) is 2.76. The summed E-state index contributed by atoms with van der Waals surface area (Å²) in [6, 6.07) is 20.9. The first-order valence-corrected chi connectivity index (χ1v) is 9.63. The molecule has 0 saturated carbocycles. The molecule has 0 radical (unpaired) electrons. The van der Waals surface area contributed by atoms with E-state index in [1.54, 1.807) is 61.7 Å². The minimum atomic E-state index is -1.15. The van der Waals surface area contributed by atoms with Crippen LogP contribution in [0.25, 0.3) is 0 Å². The van der Waals surface area contributed by atoms with Crippen molar-refractivity contribution in [3.63, 3.8) is 0 Å². The van der Waals surface area contributed by atoms with Crippen molar-refractivity contribution in [3.8, 4) is 11.5 Å². The Morgan fingerprint density at radius 1 is 0.903 bits per heavy atom. The molecule has 0 aliphatic carbocycles. The largest absolute Gasteiger partial charge is 0.497 e. The van der Waals surface area contributed by atoms with Crippen molar-refractivity contribution >= 4 is 17.6 Å². The van der Waals surface area contributed by atoms with Crippen LogP contribution in [0.15, 0.2) is 78.9 Å². The smallest absolute Gasteiger partial charge is 0.310 e. The van der Waals surface area contributed by atoms with Gasteiger partial charge in [0.1, 0.15) is 17.3 Å². The van der Waals surface area contributed by atoms with Crippen molar-refractivity contribution in [2.75, 3.05) is 19.0 Å². The van der Waals surface area contributed by atoms with E-state index < -0.39 is 23.8 Å². The van der Waals surface area contributed by atoms with Gasteiger partial charge in [-0.2, -0.15) is 0 Å². The summed E-state index contributed by atoms with van der Waals surface area (Å²) >= 11 is 0. The summed E-state index contributed by atoms with van der Waals surface area (Å²) < 4.78 is 29.2. The Bertz CT molecular complexity index is 991. The average molecular weight is 423 g/mol. The number of benzene rings is 3. The van der Waals surface area contributed by atoms with Crippen LogP contribution in [0.3, 0.4) is 0 Å². The predicted octanol–water partition coefficient (Wildman–Crippen LogP) is 4.53. The topological polar surface area (TPSA) is 73.9 Å². The van der Waals surface area contributed by atoms with Gasteiger partial charge in [-0.15, -0.1) is 0 Å². The third kappa shape index (κ3) is 6.57. The second kappa shape index (κ2) is 10.8. The molecular formula is C24H22FNO5. The van der Waals surface area contributed by atoms with Crippen molar-refractivity contribution in [3.05, 3.63) is 90.2 Å². The fraction of sp³-hybridized carbons (Fsp3) is 0.167. The number of halogens is 1. The minimum Gasteiger partial charge on any atom is -0.497 e. The highest BCUT2D eigenvalue weighted by Gasteiger charge is 2.25. The van der Waals surface area contributed by atoms with E-state index in [0.29, 0.717) is 22.7 Å². The van der Waals surface area contributed by atoms with Gasteiger partial charge in [-0.3, -0.25) is 9.59 Å². The molecule has 31 heavy (non-hydrogen) atoms. The number of hydrogen-bond donors (Lipinski definition) is 1. The summed E-state index contributed by atoms with van der Waals surface area (Å²) in [4.78, 5) is 25.1. The second-order valence-corrected chi connectivity index (χ2v) is 6.55. The van der Waals surface area contributed by atoms with E-state index in [0.717, 1.165) is 0 Å². The van der Waals surface area contributed by atoms with E-state index in [2.05, 4.69) is 5.32 Å². The Morgan fingerprint density at radius 3 is 2.19 bits per heavy atom. The first kappa shape index (κ1) is 21.8. The number of carbonyl (C=O) groups is 2. The van der Waals surface area contributed by atoms with Crippen molar-refractivity contribution in [1.29, 1.82) is 0 Å². The van der Waals surface area contributed by atoms with Crippen LogP contribution in [0.4, 0.5) is 10.1 Å². The van der Waals surface area contributed by atoms with Gasteiger partial charge in [-0.05, 0) is 48.5 Å². The van der Waals surface area contributed by atoms with Crippen LogP contribution in [-0.2, 0) is 14.3 Å². The van der Waals surface area contributed by atoms with Gasteiger partial charge in [-0.25, -0.2) is 4.39 Å². The molecule has 160 valence electrons. The van der Waals surface area contributed by atoms with Gasteiger partial charge in [0, 0.05) is 11.3 Å². The minimum absolute atomic E-state index is 0.0425. The number of esters is 1. The zero-order chi connectivity index (χ0) is 22.1. The molecule has 1 amide bonds. The summed E-state index contributed by atoms with van der Waals surface area (Å²) in [5, 5.41) is 2.64. The van der Waals surface area contributed by atoms with Gasteiger partial charge in [-0.1, -0.05) is 30.3 Å². The summed E-state index contributed by atoms with van der Waals surface area (Å²) in [7, 11) is 1.57. The molecule has 0 spiro atoms. The van der Waals surface area contributed by atoms with Crippen LogP contribution in [0.1, 0.15) is 18.1 Å². The molecular weight excluding hydrogens is 401 g/mol. The SMILES string of the molecule is COc1ccc(OCCC(=O)OC(C(=O)Nc2ccc(F)cc2)c2ccccc2)cc1. The third-order valence-electron chi connectivity index (χ3n) is 4.34. The number of anilines is 1. The first-order chi connectivity index (χ1) is 15.0. The Morgan fingerprint density at radius 2 is 1.55 bits per heavy atom. The van der Waals surface area contributed by atoms with Crippen LogP contribution in [-0.4, -0.2) is 25.6 Å². The van der Waals surface area contributed by atoms with Crippen molar-refractivity contribution < 1.29 is 28.2 Å². The van der Waals surface area contributed by atoms with Crippen LogP contribution < -0.4 is 14.8 Å².